The maximum absolute atomic E-state index is 12.8. The second-order valence-corrected chi connectivity index (χ2v) is 8.23. The molecule has 5 heteroatoms. The Bertz CT molecular complexity index is 728. The molecule has 2 aliphatic rings. The highest BCUT2D eigenvalue weighted by molar-refractivity contribution is 5.99. The van der Waals surface area contributed by atoms with Crippen LogP contribution in [-0.4, -0.2) is 47.3 Å². The number of carbonyl (C=O) groups excluding carboxylic acids is 2. The molecule has 1 saturated carbocycles. The van der Waals surface area contributed by atoms with Gasteiger partial charge < -0.3 is 9.88 Å². The Balaban J connectivity index is 1.56. The molecule has 148 valence electrons. The number of Topliss-reactive ketones (excluding diaryl/α,β-unsaturated/α-hetero) is 1. The van der Waals surface area contributed by atoms with Crippen molar-refractivity contribution in [3.8, 4) is 0 Å². The predicted octanol–water partition coefficient (Wildman–Crippen LogP) is 3.39. The van der Waals surface area contributed by atoms with E-state index in [-0.39, 0.29) is 24.8 Å². The zero-order valence-corrected chi connectivity index (χ0v) is 17.0. The van der Waals surface area contributed by atoms with E-state index in [1.54, 1.807) is 10.5 Å². The van der Waals surface area contributed by atoms with Crippen LogP contribution >= 0.6 is 0 Å². The summed E-state index contributed by atoms with van der Waals surface area (Å²) in [4.78, 5) is 26.5. The second-order valence-electron chi connectivity index (χ2n) is 8.23. The normalized spacial score (nSPS) is 17.1. The van der Waals surface area contributed by atoms with E-state index in [2.05, 4.69) is 22.9 Å². The number of hydrogen-bond acceptors (Lipinski definition) is 3. The van der Waals surface area contributed by atoms with Gasteiger partial charge in [-0.3, -0.25) is 14.5 Å². The molecule has 3 rings (SSSR count). The number of aryl methyl sites for hydroxylation is 1. The van der Waals surface area contributed by atoms with Gasteiger partial charge in [-0.2, -0.15) is 0 Å². The monoisotopic (exact) mass is 371 g/mol. The lowest BCUT2D eigenvalue weighted by Gasteiger charge is -2.16. The van der Waals surface area contributed by atoms with Gasteiger partial charge in [-0.15, -0.1) is 0 Å². The Morgan fingerprint density at radius 2 is 2.00 bits per heavy atom. The van der Waals surface area contributed by atoms with Gasteiger partial charge in [0.15, 0.2) is 5.78 Å². The molecule has 0 spiro atoms. The van der Waals surface area contributed by atoms with Crippen LogP contribution in [0.1, 0.15) is 66.7 Å². The van der Waals surface area contributed by atoms with Gasteiger partial charge in [0.25, 0.3) is 0 Å². The number of allylic oxidation sites excluding steroid dienone is 2. The Hall–Kier alpha value is -1.88. The number of likely N-dealkylation sites (N-methyl/N-ethyl adjacent to an activating group) is 1. The van der Waals surface area contributed by atoms with Crippen molar-refractivity contribution in [2.24, 2.45) is 0 Å². The first kappa shape index (κ1) is 19.9. The molecule has 5 nitrogen and oxygen atoms in total. The van der Waals surface area contributed by atoms with Crippen LogP contribution < -0.4 is 5.32 Å². The summed E-state index contributed by atoms with van der Waals surface area (Å²) >= 11 is 0. The van der Waals surface area contributed by atoms with Crippen LogP contribution in [0.3, 0.4) is 0 Å². The minimum absolute atomic E-state index is 0.0130. The lowest BCUT2D eigenvalue weighted by molar-refractivity contribution is -0.121. The third-order valence-electron chi connectivity index (χ3n) is 5.69. The molecular weight excluding hydrogens is 338 g/mol. The number of nitrogens with one attached hydrogen (secondary N) is 1. The van der Waals surface area contributed by atoms with Gasteiger partial charge in [0.1, 0.15) is 0 Å². The maximum Gasteiger partial charge on any atom is 0.234 e. The summed E-state index contributed by atoms with van der Waals surface area (Å²) in [6.07, 6.45) is 10.7. The van der Waals surface area contributed by atoms with Gasteiger partial charge in [-0.25, -0.2) is 0 Å². The highest BCUT2D eigenvalue weighted by Crippen LogP contribution is 2.23. The van der Waals surface area contributed by atoms with Crippen LogP contribution in [0.2, 0.25) is 0 Å². The topological polar surface area (TPSA) is 54.3 Å². The Morgan fingerprint density at radius 1 is 1.22 bits per heavy atom. The van der Waals surface area contributed by atoms with E-state index >= 15 is 0 Å². The summed E-state index contributed by atoms with van der Waals surface area (Å²) in [5.41, 5.74) is 4.54. The molecule has 2 aliphatic carbocycles. The van der Waals surface area contributed by atoms with E-state index in [1.165, 1.54) is 25.7 Å². The summed E-state index contributed by atoms with van der Waals surface area (Å²) in [6, 6.07) is 2.37. The summed E-state index contributed by atoms with van der Waals surface area (Å²) < 4.78 is 2.27. The lowest BCUT2D eigenvalue weighted by atomic mass is 9.97. The molecule has 1 aromatic rings. The SMILES string of the molecule is Cc1cc(C(=O)CN(C)CC(=O)NC2CC2)c(C)n1CCC1=CCCCC1. The van der Waals surface area contributed by atoms with Crippen LogP contribution in [-0.2, 0) is 11.3 Å². The fourth-order valence-electron chi connectivity index (χ4n) is 3.95. The summed E-state index contributed by atoms with van der Waals surface area (Å²) in [7, 11) is 1.83. The molecule has 1 amide bonds. The minimum atomic E-state index is 0.0130. The van der Waals surface area contributed by atoms with E-state index in [0.717, 1.165) is 42.8 Å². The molecule has 0 saturated heterocycles. The molecular formula is C22H33N3O2. The van der Waals surface area contributed by atoms with Gasteiger partial charge in [-0.1, -0.05) is 11.6 Å². The van der Waals surface area contributed by atoms with Crippen LogP contribution in [0.5, 0.6) is 0 Å². The minimum Gasteiger partial charge on any atom is -0.352 e. The van der Waals surface area contributed by atoms with Gasteiger partial charge in [-0.05, 0) is 71.9 Å². The van der Waals surface area contributed by atoms with Crippen LogP contribution in [0.25, 0.3) is 0 Å². The van der Waals surface area contributed by atoms with Crippen molar-refractivity contribution in [1.82, 2.24) is 14.8 Å². The van der Waals surface area contributed by atoms with Gasteiger partial charge >= 0.3 is 0 Å². The van der Waals surface area contributed by atoms with Gasteiger partial charge in [0.2, 0.25) is 5.91 Å². The molecule has 0 atom stereocenters. The molecule has 27 heavy (non-hydrogen) atoms. The van der Waals surface area contributed by atoms with E-state index in [4.69, 9.17) is 0 Å². The number of nitrogens with zero attached hydrogens (tertiary/aromatic N) is 2. The largest absolute Gasteiger partial charge is 0.352 e. The summed E-state index contributed by atoms with van der Waals surface area (Å²) in [5.74, 6) is 0.104. The van der Waals surface area contributed by atoms with E-state index in [9.17, 15) is 9.59 Å². The first-order chi connectivity index (χ1) is 12.9. The van der Waals surface area contributed by atoms with E-state index in [1.807, 2.05) is 20.0 Å². The van der Waals surface area contributed by atoms with Crippen molar-refractivity contribution in [3.05, 3.63) is 34.7 Å². The van der Waals surface area contributed by atoms with Crippen molar-refractivity contribution in [2.45, 2.75) is 71.4 Å². The summed E-state index contributed by atoms with van der Waals surface area (Å²) in [6.45, 7) is 5.60. The molecule has 0 aromatic carbocycles. The zero-order chi connectivity index (χ0) is 19.4. The molecule has 1 heterocycles. The number of carbonyl (C=O) groups is 2. The van der Waals surface area contributed by atoms with Crippen LogP contribution in [0.4, 0.5) is 0 Å². The average Bonchev–Trinajstić information content (AvgIpc) is 3.38. The Kier molecular flexibility index (Phi) is 6.53. The Labute approximate surface area is 162 Å². The van der Waals surface area contributed by atoms with E-state index in [0.29, 0.717) is 6.04 Å². The molecule has 1 fully saturated rings. The Morgan fingerprint density at radius 3 is 2.67 bits per heavy atom. The van der Waals surface area contributed by atoms with Crippen LogP contribution in [0.15, 0.2) is 17.7 Å². The van der Waals surface area contributed by atoms with Gasteiger partial charge in [0, 0.05) is 29.5 Å². The first-order valence-electron chi connectivity index (χ1n) is 10.3. The second kappa shape index (κ2) is 8.87. The summed E-state index contributed by atoms with van der Waals surface area (Å²) in [5, 5.41) is 2.97. The quantitative estimate of drug-likeness (QED) is 0.535. The van der Waals surface area contributed by atoms with Crippen molar-refractivity contribution < 1.29 is 9.59 Å². The van der Waals surface area contributed by atoms with E-state index < -0.39 is 0 Å². The third-order valence-corrected chi connectivity index (χ3v) is 5.69. The molecule has 0 aliphatic heterocycles. The molecule has 0 bridgehead atoms. The number of aromatic nitrogens is 1. The zero-order valence-electron chi connectivity index (χ0n) is 17.0. The molecule has 0 unspecified atom stereocenters. The van der Waals surface area contributed by atoms with Crippen molar-refractivity contribution in [2.75, 3.05) is 20.1 Å². The number of hydrogen-bond donors (Lipinski definition) is 1. The number of ketones is 1. The average molecular weight is 372 g/mol. The predicted molar refractivity (Wildman–Crippen MR) is 108 cm³/mol. The third kappa shape index (κ3) is 5.55. The van der Waals surface area contributed by atoms with Crippen molar-refractivity contribution in [3.63, 3.8) is 0 Å². The van der Waals surface area contributed by atoms with Gasteiger partial charge in [0.05, 0.1) is 13.1 Å². The molecule has 0 radical (unpaired) electrons. The fraction of sp³-hybridized carbons (Fsp3) is 0.636. The van der Waals surface area contributed by atoms with Crippen LogP contribution in [0, 0.1) is 13.8 Å². The smallest absolute Gasteiger partial charge is 0.234 e. The molecule has 1 N–H and O–H groups in total. The first-order valence-corrected chi connectivity index (χ1v) is 10.3. The highest BCUT2D eigenvalue weighted by Gasteiger charge is 2.24. The van der Waals surface area contributed by atoms with Crippen molar-refractivity contribution in [1.29, 1.82) is 0 Å². The standard InChI is InChI=1S/C22H33N3O2/c1-16-13-20(17(2)25(16)12-11-18-7-5-4-6-8-18)21(26)14-24(3)15-22(27)23-19-9-10-19/h7,13,19H,4-6,8-12,14-15H2,1-3H3,(H,23,27). The number of amides is 1. The fourth-order valence-corrected chi connectivity index (χ4v) is 3.95. The maximum atomic E-state index is 12.8. The van der Waals surface area contributed by atoms with Crippen molar-refractivity contribution >= 4 is 11.7 Å². The molecule has 1 aromatic heterocycles. The highest BCUT2D eigenvalue weighted by atomic mass is 16.2. The number of rotatable bonds is 9. The lowest BCUT2D eigenvalue weighted by Crippen LogP contribution is -2.38.